The second-order valence-electron chi connectivity index (χ2n) is 4.84. The highest BCUT2D eigenvalue weighted by molar-refractivity contribution is 5.46. The van der Waals surface area contributed by atoms with Crippen LogP contribution in [0.25, 0.3) is 0 Å². The van der Waals surface area contributed by atoms with Crippen molar-refractivity contribution < 1.29 is 18.9 Å². The van der Waals surface area contributed by atoms with Gasteiger partial charge in [-0.2, -0.15) is 0 Å². The molecule has 0 aromatic heterocycles. The second kappa shape index (κ2) is 7.24. The van der Waals surface area contributed by atoms with Gasteiger partial charge in [-0.3, -0.25) is 0 Å². The first-order valence-corrected chi connectivity index (χ1v) is 6.90. The van der Waals surface area contributed by atoms with E-state index in [-0.39, 0.29) is 0 Å². The van der Waals surface area contributed by atoms with Gasteiger partial charge < -0.3 is 18.9 Å². The van der Waals surface area contributed by atoms with Crippen LogP contribution < -0.4 is 14.2 Å². The number of benzene rings is 1. The fourth-order valence-corrected chi connectivity index (χ4v) is 1.86. The largest absolute Gasteiger partial charge is 0.493 e. The van der Waals surface area contributed by atoms with Gasteiger partial charge >= 0.3 is 0 Å². The molecule has 1 aliphatic rings. The van der Waals surface area contributed by atoms with Crippen molar-refractivity contribution in [1.82, 2.24) is 0 Å². The highest BCUT2D eigenvalue weighted by Crippen LogP contribution is 2.35. The van der Waals surface area contributed by atoms with Gasteiger partial charge in [0.05, 0.1) is 12.7 Å². The lowest BCUT2D eigenvalue weighted by molar-refractivity contribution is 0.0752. The molecular weight excluding hydrogens is 244 g/mol. The molecular formula is C15H22O4. The number of ether oxygens (including phenoxy) is 4. The van der Waals surface area contributed by atoms with Crippen LogP contribution in [0.5, 0.6) is 17.2 Å². The molecule has 1 aliphatic heterocycles. The summed E-state index contributed by atoms with van der Waals surface area (Å²) in [5.41, 5.74) is 0. The van der Waals surface area contributed by atoms with Crippen LogP contribution in [0.15, 0.2) is 18.2 Å². The molecule has 0 atom stereocenters. The third-order valence-electron chi connectivity index (χ3n) is 2.85. The summed E-state index contributed by atoms with van der Waals surface area (Å²) in [5, 5.41) is 0. The van der Waals surface area contributed by atoms with E-state index in [2.05, 4.69) is 13.8 Å². The van der Waals surface area contributed by atoms with Crippen LogP contribution in [-0.4, -0.2) is 26.1 Å². The average molecular weight is 266 g/mol. The molecule has 106 valence electrons. The van der Waals surface area contributed by atoms with Crippen molar-refractivity contribution >= 4 is 0 Å². The fourth-order valence-electron chi connectivity index (χ4n) is 1.86. The van der Waals surface area contributed by atoms with E-state index in [1.165, 1.54) is 0 Å². The van der Waals surface area contributed by atoms with Crippen molar-refractivity contribution in [3.05, 3.63) is 18.2 Å². The molecule has 0 fully saturated rings. The highest BCUT2D eigenvalue weighted by Gasteiger charge is 2.13. The standard InChI is InChI=1S/C15H22O4/c1-12(2)16-8-4-3-5-9-17-13-6-7-14-15(10-13)19-11-18-14/h6-7,10,12H,3-5,8-9,11H2,1-2H3. The van der Waals surface area contributed by atoms with Crippen LogP contribution in [0.3, 0.4) is 0 Å². The number of unbranched alkanes of at least 4 members (excludes halogenated alkanes) is 2. The van der Waals surface area contributed by atoms with Crippen molar-refractivity contribution in [3.8, 4) is 17.2 Å². The van der Waals surface area contributed by atoms with Gasteiger partial charge in [-0.05, 0) is 45.2 Å². The number of hydrogen-bond acceptors (Lipinski definition) is 4. The molecule has 0 saturated carbocycles. The number of fused-ring (bicyclic) bond motifs is 1. The first-order chi connectivity index (χ1) is 9.25. The molecule has 0 amide bonds. The molecule has 0 bridgehead atoms. The zero-order valence-electron chi connectivity index (χ0n) is 11.7. The van der Waals surface area contributed by atoms with Crippen molar-refractivity contribution in [1.29, 1.82) is 0 Å². The third-order valence-corrected chi connectivity index (χ3v) is 2.85. The molecule has 4 heteroatoms. The molecule has 0 unspecified atom stereocenters. The van der Waals surface area contributed by atoms with Gasteiger partial charge in [0.1, 0.15) is 5.75 Å². The molecule has 0 aliphatic carbocycles. The van der Waals surface area contributed by atoms with E-state index in [9.17, 15) is 0 Å². The third kappa shape index (κ3) is 4.63. The summed E-state index contributed by atoms with van der Waals surface area (Å²) in [7, 11) is 0. The zero-order chi connectivity index (χ0) is 13.5. The van der Waals surface area contributed by atoms with Crippen LogP contribution in [0, 0.1) is 0 Å². The lowest BCUT2D eigenvalue weighted by atomic mass is 10.2. The van der Waals surface area contributed by atoms with Gasteiger partial charge in [0.25, 0.3) is 0 Å². The maximum absolute atomic E-state index is 5.68. The van der Waals surface area contributed by atoms with E-state index in [1.54, 1.807) is 0 Å². The maximum Gasteiger partial charge on any atom is 0.231 e. The van der Waals surface area contributed by atoms with Crippen molar-refractivity contribution in [2.45, 2.75) is 39.2 Å². The second-order valence-corrected chi connectivity index (χ2v) is 4.84. The van der Waals surface area contributed by atoms with E-state index in [4.69, 9.17) is 18.9 Å². The quantitative estimate of drug-likeness (QED) is 0.676. The summed E-state index contributed by atoms with van der Waals surface area (Å²) in [6.07, 6.45) is 3.57. The van der Waals surface area contributed by atoms with Gasteiger partial charge in [0.2, 0.25) is 6.79 Å². The van der Waals surface area contributed by atoms with E-state index < -0.39 is 0 Å². The summed E-state index contributed by atoms with van der Waals surface area (Å²) in [6.45, 7) is 5.98. The first-order valence-electron chi connectivity index (χ1n) is 6.90. The Labute approximate surface area is 114 Å². The molecule has 0 spiro atoms. The van der Waals surface area contributed by atoms with Crippen LogP contribution in [0.4, 0.5) is 0 Å². The molecule has 4 nitrogen and oxygen atoms in total. The Hall–Kier alpha value is -1.42. The number of rotatable bonds is 8. The van der Waals surface area contributed by atoms with E-state index >= 15 is 0 Å². The number of hydrogen-bond donors (Lipinski definition) is 0. The summed E-state index contributed by atoms with van der Waals surface area (Å²) in [6, 6.07) is 5.67. The average Bonchev–Trinajstić information content (AvgIpc) is 2.84. The molecule has 0 N–H and O–H groups in total. The van der Waals surface area contributed by atoms with Gasteiger partial charge in [0.15, 0.2) is 11.5 Å². The van der Waals surface area contributed by atoms with Crippen LogP contribution in [0.1, 0.15) is 33.1 Å². The van der Waals surface area contributed by atoms with E-state index in [0.717, 1.165) is 49.7 Å². The normalized spacial score (nSPS) is 13.0. The summed E-state index contributed by atoms with van der Waals surface area (Å²) in [4.78, 5) is 0. The van der Waals surface area contributed by atoms with Crippen molar-refractivity contribution in [2.24, 2.45) is 0 Å². The SMILES string of the molecule is CC(C)OCCCCCOc1ccc2c(c1)OCO2. The Balaban J connectivity index is 1.58. The zero-order valence-corrected chi connectivity index (χ0v) is 11.7. The van der Waals surface area contributed by atoms with Gasteiger partial charge in [-0.25, -0.2) is 0 Å². The Bertz CT molecular complexity index is 390. The molecule has 1 heterocycles. The molecule has 0 saturated heterocycles. The predicted molar refractivity (Wildman–Crippen MR) is 73.0 cm³/mol. The fraction of sp³-hybridized carbons (Fsp3) is 0.600. The maximum atomic E-state index is 5.68. The summed E-state index contributed by atoms with van der Waals surface area (Å²) >= 11 is 0. The van der Waals surface area contributed by atoms with Crippen molar-refractivity contribution in [2.75, 3.05) is 20.0 Å². The Morgan fingerprint density at radius 2 is 1.84 bits per heavy atom. The van der Waals surface area contributed by atoms with E-state index in [0.29, 0.717) is 12.9 Å². The summed E-state index contributed by atoms with van der Waals surface area (Å²) < 4.78 is 21.7. The first kappa shape index (κ1) is 14.0. The minimum Gasteiger partial charge on any atom is -0.493 e. The smallest absolute Gasteiger partial charge is 0.231 e. The van der Waals surface area contributed by atoms with Gasteiger partial charge in [0, 0.05) is 12.7 Å². The minimum atomic E-state index is 0.300. The Morgan fingerprint density at radius 1 is 1.05 bits per heavy atom. The van der Waals surface area contributed by atoms with Crippen LogP contribution >= 0.6 is 0 Å². The van der Waals surface area contributed by atoms with Crippen LogP contribution in [0.2, 0.25) is 0 Å². The highest BCUT2D eigenvalue weighted by atomic mass is 16.7. The van der Waals surface area contributed by atoms with Crippen molar-refractivity contribution in [3.63, 3.8) is 0 Å². The lowest BCUT2D eigenvalue weighted by Crippen LogP contribution is -2.04. The van der Waals surface area contributed by atoms with Crippen LogP contribution in [-0.2, 0) is 4.74 Å². The molecule has 1 aromatic carbocycles. The molecule has 0 radical (unpaired) electrons. The topological polar surface area (TPSA) is 36.9 Å². The summed E-state index contributed by atoms with van der Waals surface area (Å²) in [5.74, 6) is 2.39. The van der Waals surface area contributed by atoms with E-state index in [1.807, 2.05) is 18.2 Å². The Kier molecular flexibility index (Phi) is 5.33. The molecule has 19 heavy (non-hydrogen) atoms. The Morgan fingerprint density at radius 3 is 2.68 bits per heavy atom. The molecule has 1 aromatic rings. The monoisotopic (exact) mass is 266 g/mol. The minimum absolute atomic E-state index is 0.300. The molecule has 2 rings (SSSR count). The van der Waals surface area contributed by atoms with Gasteiger partial charge in [-0.15, -0.1) is 0 Å². The lowest BCUT2D eigenvalue weighted by Gasteiger charge is -2.08. The predicted octanol–water partition coefficient (Wildman–Crippen LogP) is 3.39. The van der Waals surface area contributed by atoms with Gasteiger partial charge in [-0.1, -0.05) is 0 Å².